The quantitative estimate of drug-likeness (QED) is 0.125. The average Bonchev–Trinajstić information content (AvgIpc) is 3.69. The highest BCUT2D eigenvalue weighted by Crippen LogP contribution is 2.58. The van der Waals surface area contributed by atoms with Crippen molar-refractivity contribution in [3.63, 3.8) is 0 Å². The largest absolute Gasteiger partial charge is 0.463 e. The van der Waals surface area contributed by atoms with Gasteiger partial charge in [0.1, 0.15) is 0 Å². The van der Waals surface area contributed by atoms with Crippen LogP contribution in [0.25, 0.3) is 0 Å². The second-order valence-corrected chi connectivity index (χ2v) is 10.0. The summed E-state index contributed by atoms with van der Waals surface area (Å²) in [6, 6.07) is 0. The monoisotopic (exact) mass is 566 g/mol. The molecule has 2 N–H and O–H groups in total. The average molecular weight is 567 g/mol. The molecule has 40 heavy (non-hydrogen) atoms. The van der Waals surface area contributed by atoms with Crippen LogP contribution >= 0.6 is 0 Å². The Morgan fingerprint density at radius 1 is 0.675 bits per heavy atom. The number of unbranched alkanes of at least 4 members (excludes halogenated alkanes) is 2. The van der Waals surface area contributed by atoms with Gasteiger partial charge in [-0.25, -0.2) is 19.2 Å². The van der Waals surface area contributed by atoms with Crippen molar-refractivity contribution in [3.8, 4) is 0 Å². The minimum Gasteiger partial charge on any atom is -0.463 e. The van der Waals surface area contributed by atoms with Crippen LogP contribution in [0.2, 0.25) is 0 Å². The van der Waals surface area contributed by atoms with Gasteiger partial charge in [0.25, 0.3) is 0 Å². The Kier molecular flexibility index (Phi) is 19.0. The van der Waals surface area contributed by atoms with Gasteiger partial charge in [0, 0.05) is 25.2 Å². The summed E-state index contributed by atoms with van der Waals surface area (Å²) in [5, 5.41) is 5.13. The van der Waals surface area contributed by atoms with E-state index in [9.17, 15) is 19.2 Å². The molecule has 0 heterocycles. The molecule has 3 rings (SSSR count). The summed E-state index contributed by atoms with van der Waals surface area (Å²) in [4.78, 5) is 42.8. The Morgan fingerprint density at radius 3 is 1.48 bits per heavy atom. The third-order valence-electron chi connectivity index (χ3n) is 7.40. The van der Waals surface area contributed by atoms with Crippen LogP contribution in [0.3, 0.4) is 0 Å². The highest BCUT2D eigenvalue weighted by Gasteiger charge is 2.48. The van der Waals surface area contributed by atoms with Crippen molar-refractivity contribution in [2.24, 2.45) is 23.7 Å². The van der Waals surface area contributed by atoms with Crippen molar-refractivity contribution in [1.29, 1.82) is 0 Å². The van der Waals surface area contributed by atoms with Crippen LogP contribution in [0.4, 0.5) is 9.59 Å². The number of amides is 2. The molecule has 0 radical (unpaired) electrons. The molecular formula is C30H50N2O8. The first-order valence-electron chi connectivity index (χ1n) is 14.8. The normalized spacial score (nSPS) is 21.2. The fourth-order valence-electron chi connectivity index (χ4n) is 5.68. The van der Waals surface area contributed by atoms with E-state index in [1.807, 2.05) is 0 Å². The number of hydrogen-bond acceptors (Lipinski definition) is 8. The van der Waals surface area contributed by atoms with Crippen molar-refractivity contribution < 1.29 is 38.1 Å². The fraction of sp³-hybridized carbons (Fsp3) is 0.733. The van der Waals surface area contributed by atoms with Crippen molar-refractivity contribution in [2.75, 3.05) is 39.5 Å². The van der Waals surface area contributed by atoms with E-state index < -0.39 is 24.1 Å². The van der Waals surface area contributed by atoms with E-state index in [2.05, 4.69) is 33.3 Å². The highest BCUT2D eigenvalue weighted by molar-refractivity contribution is 5.81. The van der Waals surface area contributed by atoms with E-state index in [-0.39, 0.29) is 0 Å². The summed E-state index contributed by atoms with van der Waals surface area (Å²) in [7, 11) is 0. The maximum absolute atomic E-state index is 10.8. The molecule has 0 aliphatic heterocycles. The number of ether oxygens (including phenoxy) is 4. The second-order valence-electron chi connectivity index (χ2n) is 10.0. The maximum Gasteiger partial charge on any atom is 0.407 e. The van der Waals surface area contributed by atoms with E-state index >= 15 is 0 Å². The molecular weight excluding hydrogens is 516 g/mol. The molecule has 0 aromatic carbocycles. The van der Waals surface area contributed by atoms with Gasteiger partial charge in [-0.1, -0.05) is 19.6 Å². The zero-order valence-corrected chi connectivity index (χ0v) is 24.5. The van der Waals surface area contributed by atoms with Gasteiger partial charge in [-0.3, -0.25) is 0 Å². The Bertz CT molecular complexity index is 726. The number of carbonyl (C=O) groups is 4. The van der Waals surface area contributed by atoms with E-state index in [0.29, 0.717) is 52.4 Å². The van der Waals surface area contributed by atoms with Crippen LogP contribution < -0.4 is 10.6 Å². The molecule has 0 aromatic rings. The van der Waals surface area contributed by atoms with Crippen molar-refractivity contribution in [3.05, 3.63) is 25.3 Å². The summed E-state index contributed by atoms with van der Waals surface area (Å²) in [5.74, 6) is 3.95. The van der Waals surface area contributed by atoms with E-state index in [0.717, 1.165) is 25.0 Å². The molecule has 10 nitrogen and oxygen atoms in total. The van der Waals surface area contributed by atoms with Gasteiger partial charge in [-0.15, -0.1) is 0 Å². The van der Waals surface area contributed by atoms with Gasteiger partial charge in [-0.05, 0) is 95.3 Å². The molecule has 0 spiro atoms. The number of nitrogens with one attached hydrogen (secondary N) is 2. The molecule has 3 aliphatic rings. The Hall–Kier alpha value is -3.04. The van der Waals surface area contributed by atoms with Gasteiger partial charge in [0.2, 0.25) is 0 Å². The van der Waals surface area contributed by atoms with Gasteiger partial charge in [0.15, 0.2) is 0 Å². The predicted molar refractivity (Wildman–Crippen MR) is 152 cm³/mol. The molecule has 3 fully saturated rings. The second kappa shape index (κ2) is 21.7. The van der Waals surface area contributed by atoms with Crippen LogP contribution in [-0.4, -0.2) is 63.6 Å². The minimum absolute atomic E-state index is 0.343. The molecule has 2 amide bonds. The molecule has 2 bridgehead atoms. The zero-order chi connectivity index (χ0) is 29.6. The molecule has 0 aromatic heterocycles. The van der Waals surface area contributed by atoms with Gasteiger partial charge >= 0.3 is 24.1 Å². The van der Waals surface area contributed by atoms with Crippen LogP contribution in [-0.2, 0) is 28.5 Å². The van der Waals surface area contributed by atoms with Crippen molar-refractivity contribution in [2.45, 2.75) is 78.1 Å². The summed E-state index contributed by atoms with van der Waals surface area (Å²) < 4.78 is 18.8. The fourth-order valence-corrected chi connectivity index (χ4v) is 5.68. The summed E-state index contributed by atoms with van der Waals surface area (Å²) in [6.45, 7) is 12.5. The number of carbonyl (C=O) groups excluding carboxylic acids is 4. The number of hydrogen-bond donors (Lipinski definition) is 2. The van der Waals surface area contributed by atoms with Gasteiger partial charge < -0.3 is 29.6 Å². The SMILES string of the molecule is C1CC2C3CCC(C3)C2C1.C=CC(=O)OCCCCNC(=O)OCC.C=CC(=O)OCCCCNC(=O)OCC. The maximum atomic E-state index is 10.8. The molecule has 4 unspecified atom stereocenters. The van der Waals surface area contributed by atoms with Crippen molar-refractivity contribution in [1.82, 2.24) is 10.6 Å². The van der Waals surface area contributed by atoms with E-state index in [4.69, 9.17) is 9.47 Å². The molecule has 4 atom stereocenters. The topological polar surface area (TPSA) is 129 Å². The van der Waals surface area contributed by atoms with Crippen LogP contribution in [0, 0.1) is 23.7 Å². The molecule has 3 aliphatic carbocycles. The smallest absolute Gasteiger partial charge is 0.407 e. The van der Waals surface area contributed by atoms with Gasteiger partial charge in [-0.2, -0.15) is 0 Å². The predicted octanol–water partition coefficient (Wildman–Crippen LogP) is 5.32. The lowest BCUT2D eigenvalue weighted by atomic mass is 9.82. The Labute approximate surface area is 239 Å². The van der Waals surface area contributed by atoms with E-state index in [1.54, 1.807) is 52.4 Å². The first kappa shape index (κ1) is 35.0. The lowest BCUT2D eigenvalue weighted by Gasteiger charge is -2.23. The summed E-state index contributed by atoms with van der Waals surface area (Å²) >= 11 is 0. The summed E-state index contributed by atoms with van der Waals surface area (Å²) in [6.07, 6.45) is 13.8. The molecule has 228 valence electrons. The number of rotatable bonds is 14. The molecule has 10 heteroatoms. The Balaban J connectivity index is 0.000000304. The van der Waals surface area contributed by atoms with Crippen LogP contribution in [0.5, 0.6) is 0 Å². The third kappa shape index (κ3) is 14.9. The lowest BCUT2D eigenvalue weighted by molar-refractivity contribution is -0.138. The number of fused-ring (bicyclic) bond motifs is 5. The number of esters is 2. The standard InChI is InChI=1S/2C10H17NO4.C10H16/c2*1-3-9(12)15-8-6-5-7-11-10(13)14-4-2;1-2-9-7-4-5-8(6-7)10(9)3-1/h2*3H,1,4-8H2,2H3,(H,11,13);7-10H,1-6H2. The highest BCUT2D eigenvalue weighted by atomic mass is 16.6. The third-order valence-corrected chi connectivity index (χ3v) is 7.40. The number of alkyl carbamates (subject to hydrolysis) is 2. The molecule has 3 saturated carbocycles. The zero-order valence-electron chi connectivity index (χ0n) is 24.5. The van der Waals surface area contributed by atoms with Gasteiger partial charge in [0.05, 0.1) is 26.4 Å². The lowest BCUT2D eigenvalue weighted by Crippen LogP contribution is -2.25. The van der Waals surface area contributed by atoms with E-state index in [1.165, 1.54) is 23.7 Å². The van der Waals surface area contributed by atoms with Crippen LogP contribution in [0.1, 0.15) is 78.1 Å². The Morgan fingerprint density at radius 2 is 1.10 bits per heavy atom. The van der Waals surface area contributed by atoms with Crippen LogP contribution in [0.15, 0.2) is 25.3 Å². The molecule has 0 saturated heterocycles. The van der Waals surface area contributed by atoms with Crippen molar-refractivity contribution >= 4 is 24.1 Å². The first-order chi connectivity index (χ1) is 19.4. The minimum atomic E-state index is -0.423. The summed E-state index contributed by atoms with van der Waals surface area (Å²) in [5.41, 5.74) is 0. The first-order valence-corrected chi connectivity index (χ1v) is 14.8.